The van der Waals surface area contributed by atoms with Gasteiger partial charge in [0.2, 0.25) is 0 Å². The zero-order valence-electron chi connectivity index (χ0n) is 9.61. The van der Waals surface area contributed by atoms with E-state index in [4.69, 9.17) is 0 Å². The first-order valence-corrected chi connectivity index (χ1v) is 5.97. The minimum atomic E-state index is 1.01. The van der Waals surface area contributed by atoms with Crippen LogP contribution < -0.4 is 0 Å². The number of rotatable bonds is 4. The van der Waals surface area contributed by atoms with Crippen molar-refractivity contribution in [3.8, 4) is 0 Å². The molecule has 3 rings (SSSR count). The van der Waals surface area contributed by atoms with Crippen molar-refractivity contribution in [2.24, 2.45) is 0 Å². The van der Waals surface area contributed by atoms with E-state index in [0.29, 0.717) is 0 Å². The van der Waals surface area contributed by atoms with Crippen molar-refractivity contribution in [3.63, 3.8) is 0 Å². The Morgan fingerprint density at radius 1 is 1.06 bits per heavy atom. The van der Waals surface area contributed by atoms with Crippen LogP contribution in [0.4, 0.5) is 0 Å². The monoisotopic (exact) mass is 225 g/mol. The second-order valence-electron chi connectivity index (χ2n) is 4.25. The number of aromatic amines is 2. The molecule has 0 bridgehead atoms. The van der Waals surface area contributed by atoms with Gasteiger partial charge in [0.05, 0.1) is 0 Å². The lowest BCUT2D eigenvalue weighted by atomic mass is 10.1. The molecule has 0 radical (unpaired) electrons. The zero-order chi connectivity index (χ0) is 11.5. The summed E-state index contributed by atoms with van der Waals surface area (Å²) in [4.78, 5) is 10.7. The normalized spacial score (nSPS) is 11.1. The summed E-state index contributed by atoms with van der Waals surface area (Å²) in [5.74, 6) is 1.07. The molecule has 3 nitrogen and oxygen atoms in total. The lowest BCUT2D eigenvalue weighted by Crippen LogP contribution is -1.91. The minimum absolute atomic E-state index is 1.01. The van der Waals surface area contributed by atoms with E-state index in [1.165, 1.54) is 16.5 Å². The van der Waals surface area contributed by atoms with Crippen LogP contribution >= 0.6 is 0 Å². The highest BCUT2D eigenvalue weighted by Crippen LogP contribution is 2.19. The van der Waals surface area contributed by atoms with E-state index in [-0.39, 0.29) is 0 Å². The quantitative estimate of drug-likeness (QED) is 0.704. The summed E-state index contributed by atoms with van der Waals surface area (Å²) in [6.07, 6.45) is 9.02. The van der Waals surface area contributed by atoms with Gasteiger partial charge in [-0.05, 0) is 24.5 Å². The number of imidazole rings is 1. The van der Waals surface area contributed by atoms with E-state index in [0.717, 1.165) is 25.1 Å². The third kappa shape index (κ3) is 2.09. The van der Waals surface area contributed by atoms with Gasteiger partial charge >= 0.3 is 0 Å². The molecule has 0 aliphatic heterocycles. The van der Waals surface area contributed by atoms with Crippen molar-refractivity contribution in [1.82, 2.24) is 15.0 Å². The lowest BCUT2D eigenvalue weighted by Gasteiger charge is -1.98. The number of para-hydroxylation sites is 1. The van der Waals surface area contributed by atoms with Gasteiger partial charge in [-0.1, -0.05) is 18.2 Å². The average Bonchev–Trinajstić information content (AvgIpc) is 2.99. The Labute approximate surface area is 99.9 Å². The molecule has 2 heterocycles. The largest absolute Gasteiger partial charge is 0.361 e. The summed E-state index contributed by atoms with van der Waals surface area (Å²) in [5, 5.41) is 1.34. The fourth-order valence-electron chi connectivity index (χ4n) is 2.22. The topological polar surface area (TPSA) is 44.5 Å². The van der Waals surface area contributed by atoms with Gasteiger partial charge in [0, 0.05) is 35.9 Å². The van der Waals surface area contributed by atoms with Gasteiger partial charge in [-0.25, -0.2) is 4.98 Å². The van der Waals surface area contributed by atoms with Crippen molar-refractivity contribution in [2.45, 2.75) is 19.3 Å². The molecule has 3 heteroatoms. The number of aromatic nitrogens is 3. The molecule has 1 aromatic carbocycles. The average molecular weight is 225 g/mol. The molecule has 86 valence electrons. The van der Waals surface area contributed by atoms with Crippen LogP contribution in [-0.2, 0) is 12.8 Å². The third-order valence-corrected chi connectivity index (χ3v) is 3.09. The van der Waals surface area contributed by atoms with Gasteiger partial charge < -0.3 is 9.97 Å². The van der Waals surface area contributed by atoms with Gasteiger partial charge in [0.1, 0.15) is 5.82 Å². The first-order chi connectivity index (χ1) is 8.43. The molecular weight excluding hydrogens is 210 g/mol. The Morgan fingerprint density at radius 2 is 2.00 bits per heavy atom. The Kier molecular flexibility index (Phi) is 2.66. The molecule has 0 saturated carbocycles. The van der Waals surface area contributed by atoms with Crippen LogP contribution in [0.1, 0.15) is 17.8 Å². The Balaban J connectivity index is 1.69. The van der Waals surface area contributed by atoms with Crippen molar-refractivity contribution in [2.75, 3.05) is 0 Å². The van der Waals surface area contributed by atoms with Crippen molar-refractivity contribution < 1.29 is 0 Å². The number of hydrogen-bond acceptors (Lipinski definition) is 1. The maximum Gasteiger partial charge on any atom is 0.106 e. The smallest absolute Gasteiger partial charge is 0.106 e. The maximum atomic E-state index is 4.23. The summed E-state index contributed by atoms with van der Waals surface area (Å²) in [6, 6.07) is 8.44. The van der Waals surface area contributed by atoms with Crippen LogP contribution in [0.3, 0.4) is 0 Å². The van der Waals surface area contributed by atoms with Gasteiger partial charge in [-0.3, -0.25) is 0 Å². The van der Waals surface area contributed by atoms with Crippen molar-refractivity contribution in [1.29, 1.82) is 0 Å². The molecule has 17 heavy (non-hydrogen) atoms. The Morgan fingerprint density at radius 3 is 2.88 bits per heavy atom. The van der Waals surface area contributed by atoms with E-state index in [1.54, 1.807) is 6.20 Å². The van der Waals surface area contributed by atoms with Crippen molar-refractivity contribution in [3.05, 3.63) is 54.2 Å². The first kappa shape index (κ1) is 10.1. The predicted octanol–water partition coefficient (Wildman–Crippen LogP) is 3.07. The summed E-state index contributed by atoms with van der Waals surface area (Å²) in [6.45, 7) is 0. The van der Waals surface area contributed by atoms with E-state index < -0.39 is 0 Å². The van der Waals surface area contributed by atoms with Crippen LogP contribution in [0.25, 0.3) is 10.9 Å². The molecule has 2 aromatic heterocycles. The number of hydrogen-bond donors (Lipinski definition) is 2. The van der Waals surface area contributed by atoms with Gasteiger partial charge in [-0.2, -0.15) is 0 Å². The van der Waals surface area contributed by atoms with Crippen LogP contribution in [0.2, 0.25) is 0 Å². The third-order valence-electron chi connectivity index (χ3n) is 3.09. The van der Waals surface area contributed by atoms with E-state index >= 15 is 0 Å². The Hall–Kier alpha value is -2.03. The molecule has 0 amide bonds. The molecule has 0 spiro atoms. The molecule has 0 atom stereocenters. The molecule has 0 aliphatic carbocycles. The van der Waals surface area contributed by atoms with Crippen LogP contribution in [0, 0.1) is 0 Å². The summed E-state index contributed by atoms with van der Waals surface area (Å²) in [5.41, 5.74) is 2.62. The number of benzene rings is 1. The fraction of sp³-hybridized carbons (Fsp3) is 0.214. The van der Waals surface area contributed by atoms with Crippen LogP contribution in [0.5, 0.6) is 0 Å². The number of nitrogens with zero attached hydrogens (tertiary/aromatic N) is 1. The number of fused-ring (bicyclic) bond motifs is 1. The zero-order valence-corrected chi connectivity index (χ0v) is 9.61. The number of nitrogens with one attached hydrogen (secondary N) is 2. The van der Waals surface area contributed by atoms with Crippen LogP contribution in [0.15, 0.2) is 42.9 Å². The van der Waals surface area contributed by atoms with Gasteiger partial charge in [0.25, 0.3) is 0 Å². The second-order valence-corrected chi connectivity index (χ2v) is 4.25. The van der Waals surface area contributed by atoms with Gasteiger partial charge in [0.15, 0.2) is 0 Å². The number of H-pyrrole nitrogens is 2. The van der Waals surface area contributed by atoms with Crippen molar-refractivity contribution >= 4 is 10.9 Å². The van der Waals surface area contributed by atoms with E-state index in [1.807, 2.05) is 6.20 Å². The molecule has 3 aromatic rings. The highest BCUT2D eigenvalue weighted by atomic mass is 14.9. The standard InChI is InChI=1S/C14H15N3/c1-2-6-13-12(5-1)11(10-17-13)4-3-7-14-15-8-9-16-14/h1-2,5-6,8-10,17H,3-4,7H2,(H,15,16). The minimum Gasteiger partial charge on any atom is -0.361 e. The van der Waals surface area contributed by atoms with Crippen LogP contribution in [-0.4, -0.2) is 15.0 Å². The van der Waals surface area contributed by atoms with E-state index in [2.05, 4.69) is 45.4 Å². The molecule has 0 unspecified atom stereocenters. The fourth-order valence-corrected chi connectivity index (χ4v) is 2.22. The highest BCUT2D eigenvalue weighted by molar-refractivity contribution is 5.82. The highest BCUT2D eigenvalue weighted by Gasteiger charge is 2.03. The molecule has 0 aliphatic rings. The molecule has 0 fully saturated rings. The summed E-state index contributed by atoms with van der Waals surface area (Å²) >= 11 is 0. The lowest BCUT2D eigenvalue weighted by molar-refractivity contribution is 0.786. The maximum absolute atomic E-state index is 4.23. The Bertz CT molecular complexity index is 593. The number of aryl methyl sites for hydroxylation is 2. The molecule has 2 N–H and O–H groups in total. The first-order valence-electron chi connectivity index (χ1n) is 5.97. The summed E-state index contributed by atoms with van der Waals surface area (Å²) in [7, 11) is 0. The SMILES string of the molecule is c1ccc2c(CCCc3ncc[nH]3)c[nH]c2c1. The molecule has 0 saturated heterocycles. The van der Waals surface area contributed by atoms with Gasteiger partial charge in [-0.15, -0.1) is 0 Å². The second kappa shape index (κ2) is 4.45. The van der Waals surface area contributed by atoms with E-state index in [9.17, 15) is 0 Å². The molecular formula is C14H15N3. The summed E-state index contributed by atoms with van der Waals surface area (Å²) < 4.78 is 0. The predicted molar refractivity (Wildman–Crippen MR) is 68.9 cm³/mol.